The number of amides is 2. The van der Waals surface area contributed by atoms with Crippen molar-refractivity contribution in [3.8, 4) is 6.07 Å². The molecule has 1 aromatic carbocycles. The standard InChI is InChI=1S/C20H21N5O2/c1-15-4-2-5-16(12-15)20(27)23-14-18(26)24-8-10-25(11-9-24)19-17(13-21)6-3-7-22-19/h2-7,12H,8-11,14H2,1H3,(H,23,27). The Balaban J connectivity index is 1.51. The molecule has 2 aromatic rings. The fourth-order valence-electron chi connectivity index (χ4n) is 3.06. The van der Waals surface area contributed by atoms with Crippen LogP contribution in [0.2, 0.25) is 0 Å². The highest BCUT2D eigenvalue weighted by Crippen LogP contribution is 2.18. The number of nitriles is 1. The minimum atomic E-state index is -0.252. The van der Waals surface area contributed by atoms with Gasteiger partial charge < -0.3 is 15.1 Å². The largest absolute Gasteiger partial charge is 0.352 e. The van der Waals surface area contributed by atoms with Gasteiger partial charge in [0.15, 0.2) is 0 Å². The first kappa shape index (κ1) is 18.4. The van der Waals surface area contributed by atoms with Crippen LogP contribution in [-0.4, -0.2) is 54.4 Å². The monoisotopic (exact) mass is 363 g/mol. The van der Waals surface area contributed by atoms with Crippen LogP contribution in [0.5, 0.6) is 0 Å². The summed E-state index contributed by atoms with van der Waals surface area (Å²) in [4.78, 5) is 32.6. The third kappa shape index (κ3) is 4.42. The summed E-state index contributed by atoms with van der Waals surface area (Å²) in [5, 5.41) is 11.9. The number of pyridine rings is 1. The molecule has 0 spiro atoms. The first-order valence-corrected chi connectivity index (χ1v) is 8.81. The highest BCUT2D eigenvalue weighted by Gasteiger charge is 2.23. The maximum absolute atomic E-state index is 12.4. The zero-order valence-electron chi connectivity index (χ0n) is 15.2. The van der Waals surface area contributed by atoms with Crippen LogP contribution < -0.4 is 10.2 Å². The molecule has 2 amide bonds. The van der Waals surface area contributed by atoms with Crippen molar-refractivity contribution in [2.24, 2.45) is 0 Å². The fourth-order valence-corrected chi connectivity index (χ4v) is 3.06. The summed E-state index contributed by atoms with van der Waals surface area (Å²) in [6, 6.07) is 12.9. The maximum atomic E-state index is 12.4. The highest BCUT2D eigenvalue weighted by molar-refractivity contribution is 5.96. The van der Waals surface area contributed by atoms with Gasteiger partial charge in [-0.25, -0.2) is 4.98 Å². The van der Waals surface area contributed by atoms with Gasteiger partial charge in [0.1, 0.15) is 11.9 Å². The minimum Gasteiger partial charge on any atom is -0.352 e. The molecule has 0 atom stereocenters. The summed E-state index contributed by atoms with van der Waals surface area (Å²) in [7, 11) is 0. The lowest BCUT2D eigenvalue weighted by Crippen LogP contribution is -2.51. The van der Waals surface area contributed by atoms with Crippen molar-refractivity contribution in [3.05, 3.63) is 59.3 Å². The van der Waals surface area contributed by atoms with Gasteiger partial charge in [-0.3, -0.25) is 9.59 Å². The molecule has 27 heavy (non-hydrogen) atoms. The van der Waals surface area contributed by atoms with E-state index in [-0.39, 0.29) is 18.4 Å². The molecule has 138 valence electrons. The van der Waals surface area contributed by atoms with E-state index in [4.69, 9.17) is 0 Å². The summed E-state index contributed by atoms with van der Waals surface area (Å²) in [6.07, 6.45) is 1.66. The Labute approximate surface area is 158 Å². The van der Waals surface area contributed by atoms with Crippen LogP contribution in [0.4, 0.5) is 5.82 Å². The number of benzene rings is 1. The number of carbonyl (C=O) groups excluding carboxylic acids is 2. The molecule has 1 aliphatic rings. The van der Waals surface area contributed by atoms with Gasteiger partial charge in [0.25, 0.3) is 5.91 Å². The van der Waals surface area contributed by atoms with Gasteiger partial charge in [-0.1, -0.05) is 17.7 Å². The second kappa shape index (κ2) is 8.32. The van der Waals surface area contributed by atoms with Crippen LogP contribution in [0, 0.1) is 18.3 Å². The predicted molar refractivity (Wildman–Crippen MR) is 101 cm³/mol. The second-order valence-electron chi connectivity index (χ2n) is 6.41. The SMILES string of the molecule is Cc1cccc(C(=O)NCC(=O)N2CCN(c3ncccc3C#N)CC2)c1. The van der Waals surface area contributed by atoms with Crippen LogP contribution in [0.1, 0.15) is 21.5 Å². The smallest absolute Gasteiger partial charge is 0.251 e. The number of nitrogens with one attached hydrogen (secondary N) is 1. The number of hydrogen-bond donors (Lipinski definition) is 1. The van der Waals surface area contributed by atoms with Crippen LogP contribution in [0.25, 0.3) is 0 Å². The molecule has 1 aromatic heterocycles. The summed E-state index contributed by atoms with van der Waals surface area (Å²) in [6.45, 7) is 4.15. The Morgan fingerprint density at radius 3 is 2.67 bits per heavy atom. The molecule has 0 unspecified atom stereocenters. The Kier molecular flexibility index (Phi) is 5.67. The number of piperazine rings is 1. The number of hydrogen-bond acceptors (Lipinski definition) is 5. The molecule has 0 bridgehead atoms. The van der Waals surface area contributed by atoms with Crippen LogP contribution >= 0.6 is 0 Å². The average Bonchev–Trinajstić information content (AvgIpc) is 2.71. The molecule has 2 heterocycles. The van der Waals surface area contributed by atoms with Crippen LogP contribution in [0.3, 0.4) is 0 Å². The van der Waals surface area contributed by atoms with Crippen LogP contribution in [-0.2, 0) is 4.79 Å². The summed E-state index contributed by atoms with van der Waals surface area (Å²) in [5.41, 5.74) is 2.07. The fraction of sp³-hybridized carbons (Fsp3) is 0.300. The normalized spacial score (nSPS) is 13.8. The van der Waals surface area contributed by atoms with Crippen molar-refractivity contribution in [3.63, 3.8) is 0 Å². The minimum absolute atomic E-state index is 0.0280. The molecule has 0 radical (unpaired) electrons. The number of carbonyl (C=O) groups is 2. The van der Waals surface area contributed by atoms with Gasteiger partial charge in [-0.05, 0) is 31.2 Å². The van der Waals surface area contributed by atoms with E-state index in [1.807, 2.05) is 24.0 Å². The van der Waals surface area contributed by atoms with Gasteiger partial charge in [-0.15, -0.1) is 0 Å². The number of nitrogens with zero attached hydrogens (tertiary/aromatic N) is 4. The molecule has 1 N–H and O–H groups in total. The lowest BCUT2D eigenvalue weighted by molar-refractivity contribution is -0.130. The number of anilines is 1. The molecule has 1 aliphatic heterocycles. The molecule has 7 heteroatoms. The van der Waals surface area contributed by atoms with E-state index in [0.717, 1.165) is 5.56 Å². The average molecular weight is 363 g/mol. The van der Waals surface area contributed by atoms with E-state index in [1.54, 1.807) is 35.4 Å². The first-order chi connectivity index (χ1) is 13.1. The lowest BCUT2D eigenvalue weighted by Gasteiger charge is -2.35. The number of rotatable bonds is 4. The number of aryl methyl sites for hydroxylation is 1. The molecule has 3 rings (SSSR count). The lowest BCUT2D eigenvalue weighted by atomic mass is 10.1. The molecule has 1 fully saturated rings. The van der Waals surface area contributed by atoms with E-state index in [9.17, 15) is 14.9 Å². The molecule has 1 saturated heterocycles. The van der Waals surface area contributed by atoms with Crippen molar-refractivity contribution in [2.45, 2.75) is 6.92 Å². The maximum Gasteiger partial charge on any atom is 0.251 e. The Morgan fingerprint density at radius 2 is 1.96 bits per heavy atom. The zero-order valence-corrected chi connectivity index (χ0v) is 15.2. The van der Waals surface area contributed by atoms with Crippen molar-refractivity contribution in [2.75, 3.05) is 37.6 Å². The third-order valence-corrected chi connectivity index (χ3v) is 4.52. The van der Waals surface area contributed by atoms with Crippen molar-refractivity contribution < 1.29 is 9.59 Å². The summed E-state index contributed by atoms with van der Waals surface area (Å²) >= 11 is 0. The predicted octanol–water partition coefficient (Wildman–Crippen LogP) is 1.34. The molecule has 0 aliphatic carbocycles. The molecular weight excluding hydrogens is 342 g/mol. The van der Waals surface area contributed by atoms with E-state index < -0.39 is 0 Å². The highest BCUT2D eigenvalue weighted by atomic mass is 16.2. The van der Waals surface area contributed by atoms with Gasteiger partial charge in [0.05, 0.1) is 12.1 Å². The van der Waals surface area contributed by atoms with E-state index >= 15 is 0 Å². The van der Waals surface area contributed by atoms with E-state index in [1.165, 1.54) is 0 Å². The van der Waals surface area contributed by atoms with Crippen molar-refractivity contribution in [1.29, 1.82) is 5.26 Å². The first-order valence-electron chi connectivity index (χ1n) is 8.81. The Hall–Kier alpha value is -3.40. The quantitative estimate of drug-likeness (QED) is 0.885. The third-order valence-electron chi connectivity index (χ3n) is 4.52. The second-order valence-corrected chi connectivity index (χ2v) is 6.41. The Bertz CT molecular complexity index is 882. The van der Waals surface area contributed by atoms with Crippen LogP contribution in [0.15, 0.2) is 42.6 Å². The van der Waals surface area contributed by atoms with Crippen molar-refractivity contribution in [1.82, 2.24) is 15.2 Å². The van der Waals surface area contributed by atoms with Gasteiger partial charge in [-0.2, -0.15) is 5.26 Å². The molecule has 7 nitrogen and oxygen atoms in total. The topological polar surface area (TPSA) is 89.3 Å². The number of aromatic nitrogens is 1. The van der Waals surface area contributed by atoms with E-state index in [2.05, 4.69) is 16.4 Å². The van der Waals surface area contributed by atoms with Crippen molar-refractivity contribution >= 4 is 17.6 Å². The van der Waals surface area contributed by atoms with Gasteiger partial charge in [0.2, 0.25) is 5.91 Å². The van der Waals surface area contributed by atoms with Gasteiger partial charge in [0, 0.05) is 37.9 Å². The zero-order chi connectivity index (χ0) is 19.2. The molecular formula is C20H21N5O2. The van der Waals surface area contributed by atoms with Gasteiger partial charge >= 0.3 is 0 Å². The summed E-state index contributed by atoms with van der Waals surface area (Å²) < 4.78 is 0. The molecule has 0 saturated carbocycles. The summed E-state index contributed by atoms with van der Waals surface area (Å²) in [5.74, 6) is 0.287. The Morgan fingerprint density at radius 1 is 1.19 bits per heavy atom. The van der Waals surface area contributed by atoms with E-state index in [0.29, 0.717) is 43.1 Å².